The molecule has 1 amide bonds. The van der Waals surface area contributed by atoms with Crippen LogP contribution in [0.25, 0.3) is 0 Å². The lowest BCUT2D eigenvalue weighted by Crippen LogP contribution is -2.27. The van der Waals surface area contributed by atoms with E-state index in [4.69, 9.17) is 5.73 Å². The number of carbonyl (C=O) groups excluding carboxylic acids is 1. The van der Waals surface area contributed by atoms with E-state index in [-0.39, 0.29) is 12.5 Å². The Morgan fingerprint density at radius 2 is 2.12 bits per heavy atom. The summed E-state index contributed by atoms with van der Waals surface area (Å²) in [4.78, 5) is 10.9. The third-order valence-electron chi connectivity index (χ3n) is 2.39. The highest BCUT2D eigenvalue weighted by Crippen LogP contribution is 2.19. The average Bonchev–Trinajstić information content (AvgIpc) is 2.27. The minimum atomic E-state index is -0.921. The molecule has 0 saturated heterocycles. The number of halogens is 2. The lowest BCUT2D eigenvalue weighted by molar-refractivity contribution is -0.118. The number of rotatable bonds is 6. The Morgan fingerprint density at radius 3 is 2.65 bits per heavy atom. The van der Waals surface area contributed by atoms with E-state index in [0.29, 0.717) is 12.1 Å². The summed E-state index contributed by atoms with van der Waals surface area (Å²) in [5.74, 6) is -2.30. The van der Waals surface area contributed by atoms with Gasteiger partial charge in [-0.1, -0.05) is 13.0 Å². The SMILES string of the molecule is CCCNC(CC(N)=O)c1ccc(F)c(F)c1. The molecule has 0 bridgehead atoms. The van der Waals surface area contributed by atoms with Crippen LogP contribution < -0.4 is 11.1 Å². The number of nitrogens with one attached hydrogen (secondary N) is 1. The number of hydrogen-bond donors (Lipinski definition) is 2. The second-order valence-electron chi connectivity index (χ2n) is 3.85. The van der Waals surface area contributed by atoms with Gasteiger partial charge in [-0.2, -0.15) is 0 Å². The van der Waals surface area contributed by atoms with Crippen LogP contribution in [0.15, 0.2) is 18.2 Å². The van der Waals surface area contributed by atoms with Crippen LogP contribution in [0.3, 0.4) is 0 Å². The molecule has 1 atom stereocenters. The van der Waals surface area contributed by atoms with Crippen LogP contribution in [0.1, 0.15) is 31.4 Å². The summed E-state index contributed by atoms with van der Waals surface area (Å²) in [7, 11) is 0. The fourth-order valence-electron chi connectivity index (χ4n) is 1.56. The van der Waals surface area contributed by atoms with Crippen molar-refractivity contribution in [3.8, 4) is 0 Å². The van der Waals surface area contributed by atoms with E-state index in [2.05, 4.69) is 5.32 Å². The van der Waals surface area contributed by atoms with Crippen molar-refractivity contribution in [3.05, 3.63) is 35.4 Å². The smallest absolute Gasteiger partial charge is 0.219 e. The standard InChI is InChI=1S/C12H16F2N2O/c1-2-5-16-11(7-12(15)17)8-3-4-9(13)10(14)6-8/h3-4,6,11,16H,2,5,7H2,1H3,(H2,15,17). The van der Waals surface area contributed by atoms with Crippen molar-refractivity contribution in [3.63, 3.8) is 0 Å². The highest BCUT2D eigenvalue weighted by Gasteiger charge is 2.15. The number of amides is 1. The summed E-state index contributed by atoms with van der Waals surface area (Å²) in [6.45, 7) is 2.65. The van der Waals surface area contributed by atoms with Gasteiger partial charge in [0.1, 0.15) is 0 Å². The fourth-order valence-corrected chi connectivity index (χ4v) is 1.56. The molecule has 0 aliphatic rings. The van der Waals surface area contributed by atoms with Crippen molar-refractivity contribution in [1.29, 1.82) is 0 Å². The molecular weight excluding hydrogens is 226 g/mol. The molecule has 17 heavy (non-hydrogen) atoms. The topological polar surface area (TPSA) is 55.1 Å². The van der Waals surface area contributed by atoms with E-state index in [1.807, 2.05) is 6.92 Å². The second kappa shape index (κ2) is 6.30. The van der Waals surface area contributed by atoms with Crippen molar-refractivity contribution < 1.29 is 13.6 Å². The summed E-state index contributed by atoms with van der Waals surface area (Å²) < 4.78 is 25.9. The van der Waals surface area contributed by atoms with Gasteiger partial charge in [0.2, 0.25) is 5.91 Å². The molecule has 1 aromatic rings. The van der Waals surface area contributed by atoms with Crippen LogP contribution in [-0.2, 0) is 4.79 Å². The summed E-state index contributed by atoms with van der Waals surface area (Å²) in [5.41, 5.74) is 5.65. The largest absolute Gasteiger partial charge is 0.370 e. The predicted molar refractivity (Wildman–Crippen MR) is 61.2 cm³/mol. The van der Waals surface area contributed by atoms with Crippen molar-refractivity contribution in [2.24, 2.45) is 5.73 Å². The number of carbonyl (C=O) groups is 1. The van der Waals surface area contributed by atoms with Gasteiger partial charge in [-0.3, -0.25) is 4.79 Å². The summed E-state index contributed by atoms with van der Waals surface area (Å²) in [6, 6.07) is 3.22. The maximum absolute atomic E-state index is 13.1. The Hall–Kier alpha value is -1.49. The van der Waals surface area contributed by atoms with Gasteiger partial charge in [-0.15, -0.1) is 0 Å². The zero-order valence-electron chi connectivity index (χ0n) is 9.67. The van der Waals surface area contributed by atoms with Gasteiger partial charge >= 0.3 is 0 Å². The lowest BCUT2D eigenvalue weighted by Gasteiger charge is -2.17. The maximum atomic E-state index is 13.1. The first-order valence-corrected chi connectivity index (χ1v) is 5.51. The molecule has 0 fully saturated rings. The van der Waals surface area contributed by atoms with Gasteiger partial charge in [0.15, 0.2) is 11.6 Å². The first kappa shape index (κ1) is 13.6. The molecule has 0 radical (unpaired) electrons. The fraction of sp³-hybridized carbons (Fsp3) is 0.417. The first-order valence-electron chi connectivity index (χ1n) is 5.51. The molecule has 3 nitrogen and oxygen atoms in total. The van der Waals surface area contributed by atoms with E-state index in [1.165, 1.54) is 6.07 Å². The third-order valence-corrected chi connectivity index (χ3v) is 2.39. The van der Waals surface area contributed by atoms with E-state index in [1.54, 1.807) is 0 Å². The van der Waals surface area contributed by atoms with E-state index in [0.717, 1.165) is 18.6 Å². The Balaban J connectivity index is 2.86. The van der Waals surface area contributed by atoms with E-state index < -0.39 is 17.5 Å². The molecular formula is C12H16F2N2O. The third kappa shape index (κ3) is 4.11. The minimum Gasteiger partial charge on any atom is -0.370 e. The Labute approximate surface area is 99.0 Å². The number of primary amides is 1. The number of nitrogens with two attached hydrogens (primary N) is 1. The van der Waals surface area contributed by atoms with Crippen LogP contribution in [0, 0.1) is 11.6 Å². The Kier molecular flexibility index (Phi) is 5.03. The normalized spacial score (nSPS) is 12.4. The monoisotopic (exact) mass is 242 g/mol. The van der Waals surface area contributed by atoms with Crippen LogP contribution in [0.4, 0.5) is 8.78 Å². The number of hydrogen-bond acceptors (Lipinski definition) is 2. The first-order chi connectivity index (χ1) is 8.04. The van der Waals surface area contributed by atoms with Gasteiger partial charge in [-0.05, 0) is 30.7 Å². The summed E-state index contributed by atoms with van der Waals surface area (Å²) in [5, 5.41) is 3.07. The summed E-state index contributed by atoms with van der Waals surface area (Å²) >= 11 is 0. The van der Waals surface area contributed by atoms with Crippen molar-refractivity contribution in [2.45, 2.75) is 25.8 Å². The maximum Gasteiger partial charge on any atom is 0.219 e. The molecule has 0 aromatic heterocycles. The van der Waals surface area contributed by atoms with Crippen LogP contribution in [-0.4, -0.2) is 12.5 Å². The summed E-state index contributed by atoms with van der Waals surface area (Å²) in [6.07, 6.45) is 0.935. The molecule has 0 saturated carbocycles. The van der Waals surface area contributed by atoms with Crippen molar-refractivity contribution in [2.75, 3.05) is 6.54 Å². The molecule has 0 aliphatic carbocycles. The molecule has 0 spiro atoms. The van der Waals surface area contributed by atoms with Gasteiger partial charge in [0.05, 0.1) is 0 Å². The lowest BCUT2D eigenvalue weighted by atomic mass is 10.0. The van der Waals surface area contributed by atoms with Crippen LogP contribution in [0.5, 0.6) is 0 Å². The van der Waals surface area contributed by atoms with Gasteiger partial charge < -0.3 is 11.1 Å². The van der Waals surface area contributed by atoms with Crippen LogP contribution in [0.2, 0.25) is 0 Å². The highest BCUT2D eigenvalue weighted by atomic mass is 19.2. The quantitative estimate of drug-likeness (QED) is 0.800. The highest BCUT2D eigenvalue weighted by molar-refractivity contribution is 5.74. The molecule has 5 heteroatoms. The van der Waals surface area contributed by atoms with Crippen molar-refractivity contribution >= 4 is 5.91 Å². The van der Waals surface area contributed by atoms with Gasteiger partial charge in [0, 0.05) is 12.5 Å². The van der Waals surface area contributed by atoms with E-state index in [9.17, 15) is 13.6 Å². The molecule has 3 N–H and O–H groups in total. The van der Waals surface area contributed by atoms with Crippen LogP contribution >= 0.6 is 0 Å². The molecule has 0 heterocycles. The zero-order valence-corrected chi connectivity index (χ0v) is 9.67. The average molecular weight is 242 g/mol. The van der Waals surface area contributed by atoms with Gasteiger partial charge in [0.25, 0.3) is 0 Å². The molecule has 1 unspecified atom stereocenters. The molecule has 1 aromatic carbocycles. The van der Waals surface area contributed by atoms with E-state index >= 15 is 0 Å². The number of benzene rings is 1. The molecule has 0 aliphatic heterocycles. The minimum absolute atomic E-state index is 0.0606. The predicted octanol–water partition coefficient (Wildman–Crippen LogP) is 1.88. The van der Waals surface area contributed by atoms with Crippen molar-refractivity contribution in [1.82, 2.24) is 5.32 Å². The van der Waals surface area contributed by atoms with Gasteiger partial charge in [-0.25, -0.2) is 8.78 Å². The zero-order chi connectivity index (χ0) is 12.8. The second-order valence-corrected chi connectivity index (χ2v) is 3.85. The molecule has 94 valence electrons. The Bertz CT molecular complexity index is 396. The Morgan fingerprint density at radius 1 is 1.41 bits per heavy atom. The molecule has 1 rings (SSSR count).